The van der Waals surface area contributed by atoms with Crippen LogP contribution in [0.3, 0.4) is 0 Å². The molecule has 10 nitrogen and oxygen atoms in total. The van der Waals surface area contributed by atoms with Gasteiger partial charge < -0.3 is 34.1 Å². The molecule has 0 aromatic heterocycles. The van der Waals surface area contributed by atoms with E-state index < -0.39 is 12.1 Å². The zero-order chi connectivity index (χ0) is 41.5. The molecule has 0 aliphatic carbocycles. The number of piperazine rings is 1. The molecule has 2 atom stereocenters. The number of nitrogens with one attached hydrogen (secondary N) is 1. The Kier molecular flexibility index (Phi) is 16.4. The van der Waals surface area contributed by atoms with Gasteiger partial charge in [0.15, 0.2) is 0 Å². The number of para-hydroxylation sites is 2. The molecule has 2 bridgehead atoms. The van der Waals surface area contributed by atoms with Crippen LogP contribution in [-0.4, -0.2) is 93.9 Å². The average molecular weight is 825 g/mol. The highest BCUT2D eigenvalue weighted by Gasteiger charge is 2.38. The number of hydrogen-bond acceptors (Lipinski definition) is 9. The molecule has 2 N–H and O–H groups in total. The van der Waals surface area contributed by atoms with Crippen molar-refractivity contribution >= 4 is 29.1 Å². The van der Waals surface area contributed by atoms with Crippen LogP contribution in [0.1, 0.15) is 35.1 Å². The Labute approximate surface area is 341 Å². The normalized spacial score (nSPS) is 16.5. The maximum Gasteiger partial charge on any atom is 0.490 e. The smallest absolute Gasteiger partial charge is 0.490 e. The van der Waals surface area contributed by atoms with Gasteiger partial charge in [0.05, 0.1) is 40.5 Å². The van der Waals surface area contributed by atoms with E-state index in [4.69, 9.17) is 45.2 Å². The number of halogens is 4. The lowest BCUT2D eigenvalue weighted by Gasteiger charge is -2.44. The van der Waals surface area contributed by atoms with E-state index in [0.717, 1.165) is 77.7 Å². The van der Waals surface area contributed by atoms with E-state index in [-0.39, 0.29) is 25.0 Å². The molecule has 0 saturated carbocycles. The monoisotopic (exact) mass is 824 g/mol. The molecule has 2 heterocycles. The highest BCUT2D eigenvalue weighted by Crippen LogP contribution is 2.34. The van der Waals surface area contributed by atoms with Crippen LogP contribution in [0.4, 0.5) is 13.2 Å². The number of methoxy groups -OCH3 is 2. The van der Waals surface area contributed by atoms with Crippen LogP contribution in [0.2, 0.25) is 5.02 Å². The fourth-order valence-corrected chi connectivity index (χ4v) is 7.02. The van der Waals surface area contributed by atoms with Crippen LogP contribution in [0.5, 0.6) is 17.2 Å². The second-order valence-corrected chi connectivity index (χ2v) is 14.2. The molecule has 310 valence electrons. The number of esters is 1. The number of carboxylic acids is 1. The van der Waals surface area contributed by atoms with Crippen LogP contribution in [-0.2, 0) is 38.5 Å². The Morgan fingerprint density at radius 1 is 0.845 bits per heavy atom. The van der Waals surface area contributed by atoms with Gasteiger partial charge in [-0.15, -0.1) is 0 Å². The molecule has 58 heavy (non-hydrogen) atoms. The van der Waals surface area contributed by atoms with Crippen LogP contribution >= 0.6 is 11.6 Å². The summed E-state index contributed by atoms with van der Waals surface area (Å²) in [4.78, 5) is 24.5. The quantitative estimate of drug-likeness (QED) is 0.0808. The van der Waals surface area contributed by atoms with Crippen LogP contribution in [0, 0.1) is 0 Å². The van der Waals surface area contributed by atoms with Gasteiger partial charge >= 0.3 is 18.1 Å². The van der Waals surface area contributed by atoms with E-state index in [1.165, 1.54) is 11.1 Å². The van der Waals surface area contributed by atoms with Crippen LogP contribution in [0.25, 0.3) is 5.57 Å². The minimum absolute atomic E-state index is 0.0727. The number of benzene rings is 4. The van der Waals surface area contributed by atoms with Crippen molar-refractivity contribution < 1.29 is 51.6 Å². The van der Waals surface area contributed by atoms with E-state index in [9.17, 15) is 18.0 Å². The first-order valence-corrected chi connectivity index (χ1v) is 19.3. The van der Waals surface area contributed by atoms with Gasteiger partial charge in [0, 0.05) is 54.3 Å². The van der Waals surface area contributed by atoms with Crippen LogP contribution < -0.4 is 19.5 Å². The molecular weight excluding hydrogens is 777 g/mol. The first-order chi connectivity index (χ1) is 27.9. The lowest BCUT2D eigenvalue weighted by molar-refractivity contribution is -0.192. The summed E-state index contributed by atoms with van der Waals surface area (Å²) in [5.74, 6) is -0.701. The predicted octanol–water partition coefficient (Wildman–Crippen LogP) is 7.80. The highest BCUT2D eigenvalue weighted by atomic mass is 35.5. The highest BCUT2D eigenvalue weighted by molar-refractivity contribution is 6.30. The second kappa shape index (κ2) is 21.6. The van der Waals surface area contributed by atoms with E-state index in [0.29, 0.717) is 31.6 Å². The van der Waals surface area contributed by atoms with Crippen molar-refractivity contribution in [3.8, 4) is 17.2 Å². The van der Waals surface area contributed by atoms with Crippen molar-refractivity contribution in [3.63, 3.8) is 0 Å². The van der Waals surface area contributed by atoms with E-state index in [1.54, 1.807) is 14.2 Å². The number of carboxylic acid groups (broad SMARTS) is 1. The van der Waals surface area contributed by atoms with Gasteiger partial charge in [-0.25, -0.2) is 4.79 Å². The number of carbonyl (C=O) groups is 2. The number of rotatable bonds is 17. The minimum atomic E-state index is -5.08. The minimum Gasteiger partial charge on any atom is -0.496 e. The summed E-state index contributed by atoms with van der Waals surface area (Å²) in [6.45, 7) is 4.62. The molecule has 2 aliphatic heterocycles. The van der Waals surface area contributed by atoms with Crippen molar-refractivity contribution in [3.05, 3.63) is 130 Å². The number of aliphatic carboxylic acids is 1. The van der Waals surface area contributed by atoms with Crippen molar-refractivity contribution in [1.29, 1.82) is 0 Å². The number of fused-ring (bicyclic) bond motifs is 2. The molecule has 0 unspecified atom stereocenters. The predicted molar refractivity (Wildman–Crippen MR) is 214 cm³/mol. The summed E-state index contributed by atoms with van der Waals surface area (Å²) in [5.41, 5.74) is 6.60. The summed E-state index contributed by atoms with van der Waals surface area (Å²) in [7, 11) is 3.29. The maximum atomic E-state index is 13.1. The zero-order valence-electron chi connectivity index (χ0n) is 32.4. The Hall–Kier alpha value is -5.08. The van der Waals surface area contributed by atoms with Gasteiger partial charge in [-0.1, -0.05) is 72.3 Å². The third-order valence-corrected chi connectivity index (χ3v) is 10.0. The summed E-state index contributed by atoms with van der Waals surface area (Å²) in [5, 5.41) is 11.7. The number of alkyl halides is 3. The third kappa shape index (κ3) is 13.2. The average Bonchev–Trinajstić information content (AvgIpc) is 3.21. The molecule has 0 spiro atoms. The molecule has 0 radical (unpaired) electrons. The molecule has 6 rings (SSSR count). The standard InChI is InChI=1S/C42H47ClN2O6.C2HF3O2/c1-47-40-10-5-3-8-32(40)24-42(46)51-29-38-37(25-35-26-45(27-39(38)44-35)21-20-30-12-16-34(43)17-13-30)31-14-18-36(19-15-31)50-23-7-22-49-28-33-9-4-6-11-41(33)48-2;3-2(4,5)1(6)7/h3-6,8-19,35,39,44H,7,20-29H2,1-2H3;(H,6,7)/t35-,39-;/m1./s1. The number of ether oxygens (including phenoxy) is 5. The summed E-state index contributed by atoms with van der Waals surface area (Å²) < 4.78 is 60.5. The largest absolute Gasteiger partial charge is 0.496 e. The summed E-state index contributed by atoms with van der Waals surface area (Å²) >= 11 is 6.11. The van der Waals surface area contributed by atoms with Gasteiger partial charge in [0.2, 0.25) is 0 Å². The Morgan fingerprint density at radius 2 is 1.48 bits per heavy atom. The summed E-state index contributed by atoms with van der Waals surface area (Å²) in [6, 6.07) is 32.2. The lowest BCUT2D eigenvalue weighted by atomic mass is 9.83. The van der Waals surface area contributed by atoms with Gasteiger partial charge in [-0.2, -0.15) is 13.2 Å². The van der Waals surface area contributed by atoms with Gasteiger partial charge in [0.1, 0.15) is 23.9 Å². The maximum absolute atomic E-state index is 13.1. The molecule has 1 fully saturated rings. The number of hydrogen-bond donors (Lipinski definition) is 2. The Morgan fingerprint density at radius 3 is 2.14 bits per heavy atom. The van der Waals surface area contributed by atoms with Crippen molar-refractivity contribution in [2.45, 2.75) is 50.6 Å². The molecular formula is C44H48ClF3N2O8. The molecule has 2 aliphatic rings. The van der Waals surface area contributed by atoms with Crippen molar-refractivity contribution in [2.75, 3.05) is 53.7 Å². The first kappa shape index (κ1) is 44.0. The van der Waals surface area contributed by atoms with Crippen molar-refractivity contribution in [1.82, 2.24) is 10.2 Å². The fraction of sp³-hybridized carbons (Fsp3) is 0.364. The molecule has 4 aromatic rings. The lowest BCUT2D eigenvalue weighted by Crippen LogP contribution is -2.60. The third-order valence-electron chi connectivity index (χ3n) is 9.76. The number of nitrogens with zero attached hydrogens (tertiary/aromatic N) is 1. The molecule has 1 saturated heterocycles. The number of carbonyl (C=O) groups excluding carboxylic acids is 1. The SMILES string of the molecule is COc1ccccc1COCCCOc1ccc(C2=C(COC(=O)Cc3ccccc3OC)[C@H]3CN(CCc4ccc(Cl)cc4)C[C@@H](C2)N3)cc1.O=C(O)C(F)(F)F. The Balaban J connectivity index is 0.000000839. The topological polar surface area (TPSA) is 116 Å². The molecule has 14 heteroatoms. The van der Waals surface area contributed by atoms with E-state index in [1.807, 2.05) is 72.8 Å². The van der Waals surface area contributed by atoms with Crippen molar-refractivity contribution in [2.24, 2.45) is 0 Å². The second-order valence-electron chi connectivity index (χ2n) is 13.8. The molecule has 4 aromatic carbocycles. The Bertz CT molecular complexity index is 1970. The van der Waals surface area contributed by atoms with E-state index in [2.05, 4.69) is 34.5 Å². The first-order valence-electron chi connectivity index (χ1n) is 18.9. The van der Waals surface area contributed by atoms with E-state index >= 15 is 0 Å². The van der Waals surface area contributed by atoms with Gasteiger partial charge in [-0.05, 0) is 71.5 Å². The van der Waals surface area contributed by atoms with Gasteiger partial charge in [0.25, 0.3) is 0 Å². The van der Waals surface area contributed by atoms with Crippen LogP contribution in [0.15, 0.2) is 103 Å². The van der Waals surface area contributed by atoms with Gasteiger partial charge in [-0.3, -0.25) is 9.69 Å². The summed E-state index contributed by atoms with van der Waals surface area (Å²) in [6.07, 6.45) is -2.36. The fourth-order valence-electron chi connectivity index (χ4n) is 6.89. The molecule has 0 amide bonds. The zero-order valence-corrected chi connectivity index (χ0v) is 33.2.